The van der Waals surface area contributed by atoms with Crippen molar-refractivity contribution in [3.8, 4) is 0 Å². The summed E-state index contributed by atoms with van der Waals surface area (Å²) in [6, 6.07) is 2.13. The number of aliphatic hydroxyl groups is 1. The largest absolute Gasteiger partial charge is 0.389 e. The molecule has 0 aliphatic heterocycles. The minimum Gasteiger partial charge on any atom is -0.389 e. The third-order valence-electron chi connectivity index (χ3n) is 2.90. The zero-order valence-corrected chi connectivity index (χ0v) is 13.6. The van der Waals surface area contributed by atoms with Crippen molar-refractivity contribution in [3.05, 3.63) is 22.4 Å². The molecule has 0 saturated carbocycles. The van der Waals surface area contributed by atoms with Crippen molar-refractivity contribution in [1.82, 2.24) is 4.90 Å². The van der Waals surface area contributed by atoms with E-state index in [2.05, 4.69) is 21.7 Å². The zero-order valence-electron chi connectivity index (χ0n) is 12.7. The molecule has 4 nitrogen and oxygen atoms in total. The molecule has 1 N–H and O–H groups in total. The van der Waals surface area contributed by atoms with Gasteiger partial charge in [0.05, 0.1) is 18.8 Å². The Morgan fingerprint density at radius 3 is 2.80 bits per heavy atom. The van der Waals surface area contributed by atoms with Crippen LogP contribution in [0.2, 0.25) is 0 Å². The first-order valence-corrected chi connectivity index (χ1v) is 8.08. The average molecular weight is 301 g/mol. The third-order valence-corrected chi connectivity index (χ3v) is 3.63. The topological polar surface area (TPSA) is 41.9 Å². The first-order valence-electron chi connectivity index (χ1n) is 7.14. The number of hydrogen-bond donors (Lipinski definition) is 1. The first-order chi connectivity index (χ1) is 9.61. The molecular weight excluding hydrogens is 274 g/mol. The lowest BCUT2D eigenvalue weighted by Gasteiger charge is -2.25. The van der Waals surface area contributed by atoms with Gasteiger partial charge in [-0.15, -0.1) is 0 Å². The monoisotopic (exact) mass is 301 g/mol. The molecule has 0 fully saturated rings. The van der Waals surface area contributed by atoms with Gasteiger partial charge in [0.2, 0.25) is 0 Å². The number of thiophene rings is 1. The van der Waals surface area contributed by atoms with E-state index < -0.39 is 6.10 Å². The summed E-state index contributed by atoms with van der Waals surface area (Å²) in [5.41, 5.74) is 1.30. The molecule has 0 bridgehead atoms. The minimum absolute atomic E-state index is 0.156. The average Bonchev–Trinajstić information content (AvgIpc) is 2.89. The highest BCUT2D eigenvalue weighted by Gasteiger charge is 2.13. The van der Waals surface area contributed by atoms with Crippen LogP contribution in [-0.4, -0.2) is 55.6 Å². The van der Waals surface area contributed by atoms with Gasteiger partial charge in [0, 0.05) is 33.4 Å². The van der Waals surface area contributed by atoms with Gasteiger partial charge in [0.25, 0.3) is 0 Å². The Kier molecular flexibility index (Phi) is 9.05. The Hall–Kier alpha value is -0.460. The third kappa shape index (κ3) is 7.97. The fraction of sp³-hybridized carbons (Fsp3) is 0.733. The molecule has 0 saturated heterocycles. The second kappa shape index (κ2) is 10.3. The minimum atomic E-state index is -0.446. The maximum atomic E-state index is 10.1. The van der Waals surface area contributed by atoms with Crippen LogP contribution in [0.15, 0.2) is 16.8 Å². The summed E-state index contributed by atoms with van der Waals surface area (Å²) in [6.07, 6.45) is 0.681. The Labute approximate surface area is 126 Å². The second-order valence-electron chi connectivity index (χ2n) is 5.25. The van der Waals surface area contributed by atoms with Gasteiger partial charge in [-0.05, 0) is 42.7 Å². The normalized spacial score (nSPS) is 13.3. The van der Waals surface area contributed by atoms with E-state index >= 15 is 0 Å². The van der Waals surface area contributed by atoms with Crippen molar-refractivity contribution in [2.75, 3.05) is 33.4 Å². The summed E-state index contributed by atoms with van der Waals surface area (Å²) in [5, 5.41) is 14.3. The van der Waals surface area contributed by atoms with Crippen LogP contribution < -0.4 is 0 Å². The predicted molar refractivity (Wildman–Crippen MR) is 83.2 cm³/mol. The van der Waals surface area contributed by atoms with Crippen LogP contribution >= 0.6 is 11.3 Å². The van der Waals surface area contributed by atoms with E-state index in [9.17, 15) is 5.11 Å². The van der Waals surface area contributed by atoms with Gasteiger partial charge < -0.3 is 14.6 Å². The Bertz CT molecular complexity index is 330. The molecule has 1 aromatic heterocycles. The lowest BCUT2D eigenvalue weighted by atomic mass is 10.2. The van der Waals surface area contributed by atoms with E-state index in [0.717, 1.165) is 26.1 Å². The lowest BCUT2D eigenvalue weighted by molar-refractivity contribution is -0.0103. The summed E-state index contributed by atoms with van der Waals surface area (Å²) >= 11 is 1.70. The van der Waals surface area contributed by atoms with Crippen LogP contribution in [0.4, 0.5) is 0 Å². The van der Waals surface area contributed by atoms with Crippen LogP contribution in [-0.2, 0) is 16.0 Å². The quantitative estimate of drug-likeness (QED) is 0.637. The van der Waals surface area contributed by atoms with E-state index in [4.69, 9.17) is 9.47 Å². The molecule has 0 aliphatic carbocycles. The summed E-state index contributed by atoms with van der Waals surface area (Å²) in [7, 11) is 1.72. The van der Waals surface area contributed by atoms with Gasteiger partial charge in [0.15, 0.2) is 0 Å². The number of aliphatic hydroxyl groups excluding tert-OH is 1. The molecule has 1 heterocycles. The SMILES string of the molecule is COCCCN(Cc1ccsc1)C[C@H](O)COC(C)C. The molecule has 0 aromatic carbocycles. The van der Waals surface area contributed by atoms with Crippen molar-refractivity contribution in [2.24, 2.45) is 0 Å². The molecular formula is C15H27NO3S. The lowest BCUT2D eigenvalue weighted by Crippen LogP contribution is -2.36. The van der Waals surface area contributed by atoms with Crippen molar-refractivity contribution < 1.29 is 14.6 Å². The fourth-order valence-corrected chi connectivity index (χ4v) is 2.62. The maximum absolute atomic E-state index is 10.1. The van der Waals surface area contributed by atoms with Crippen molar-refractivity contribution in [1.29, 1.82) is 0 Å². The standard InChI is InChI=1S/C15H27NO3S/c1-13(2)19-11-15(17)10-16(6-4-7-18-3)9-14-5-8-20-12-14/h5,8,12-13,15,17H,4,6-7,9-11H2,1-3H3/t15-/m0/s1. The molecule has 0 radical (unpaired) electrons. The van der Waals surface area contributed by atoms with Gasteiger partial charge in [0.1, 0.15) is 0 Å². The van der Waals surface area contributed by atoms with Gasteiger partial charge >= 0.3 is 0 Å². The fourth-order valence-electron chi connectivity index (χ4n) is 1.96. The van der Waals surface area contributed by atoms with Gasteiger partial charge in [-0.25, -0.2) is 0 Å². The molecule has 1 rings (SSSR count). The molecule has 0 unspecified atom stereocenters. The molecule has 0 spiro atoms. The predicted octanol–water partition coefficient (Wildman–Crippen LogP) is 2.37. The molecule has 5 heteroatoms. The Balaban J connectivity index is 2.40. The van der Waals surface area contributed by atoms with E-state index in [-0.39, 0.29) is 6.10 Å². The molecule has 0 aliphatic rings. The van der Waals surface area contributed by atoms with Gasteiger partial charge in [-0.1, -0.05) is 0 Å². The van der Waals surface area contributed by atoms with Crippen LogP contribution in [0.3, 0.4) is 0 Å². The van der Waals surface area contributed by atoms with E-state index in [0.29, 0.717) is 13.2 Å². The summed E-state index contributed by atoms with van der Waals surface area (Å²) in [5.74, 6) is 0. The van der Waals surface area contributed by atoms with Gasteiger partial charge in [-0.3, -0.25) is 4.90 Å². The van der Waals surface area contributed by atoms with E-state index in [1.807, 2.05) is 13.8 Å². The number of hydrogen-bond acceptors (Lipinski definition) is 5. The van der Waals surface area contributed by atoms with Crippen LogP contribution in [0, 0.1) is 0 Å². The highest BCUT2D eigenvalue weighted by atomic mass is 32.1. The van der Waals surface area contributed by atoms with Gasteiger partial charge in [-0.2, -0.15) is 11.3 Å². The van der Waals surface area contributed by atoms with Crippen LogP contribution in [0.25, 0.3) is 0 Å². The summed E-state index contributed by atoms with van der Waals surface area (Å²) in [6.45, 7) is 7.52. The second-order valence-corrected chi connectivity index (χ2v) is 6.03. The number of nitrogens with zero attached hydrogens (tertiary/aromatic N) is 1. The summed E-state index contributed by atoms with van der Waals surface area (Å²) < 4.78 is 10.6. The highest BCUT2D eigenvalue weighted by molar-refractivity contribution is 7.07. The molecule has 1 aromatic rings. The Morgan fingerprint density at radius 2 is 2.20 bits per heavy atom. The number of rotatable bonds is 11. The number of ether oxygens (including phenoxy) is 2. The van der Waals surface area contributed by atoms with Crippen LogP contribution in [0.5, 0.6) is 0 Å². The van der Waals surface area contributed by atoms with Crippen molar-refractivity contribution in [2.45, 2.75) is 39.0 Å². The molecule has 20 heavy (non-hydrogen) atoms. The first kappa shape index (κ1) is 17.6. The number of methoxy groups -OCH3 is 1. The Morgan fingerprint density at radius 1 is 1.40 bits per heavy atom. The molecule has 116 valence electrons. The van der Waals surface area contributed by atoms with Crippen molar-refractivity contribution in [3.63, 3.8) is 0 Å². The highest BCUT2D eigenvalue weighted by Crippen LogP contribution is 2.10. The van der Waals surface area contributed by atoms with Crippen molar-refractivity contribution >= 4 is 11.3 Å². The maximum Gasteiger partial charge on any atom is 0.0900 e. The van der Waals surface area contributed by atoms with E-state index in [1.54, 1.807) is 18.4 Å². The zero-order chi connectivity index (χ0) is 14.8. The van der Waals surface area contributed by atoms with Crippen LogP contribution in [0.1, 0.15) is 25.8 Å². The molecule has 1 atom stereocenters. The smallest absolute Gasteiger partial charge is 0.0900 e. The van der Waals surface area contributed by atoms with E-state index in [1.165, 1.54) is 5.56 Å². The summed E-state index contributed by atoms with van der Waals surface area (Å²) in [4.78, 5) is 2.26. The molecule has 0 amide bonds.